The predicted molar refractivity (Wildman–Crippen MR) is 122 cm³/mol. The zero-order chi connectivity index (χ0) is 21.1. The maximum Gasteiger partial charge on any atom is 0.231 e. The lowest BCUT2D eigenvalue weighted by Crippen LogP contribution is -2.35. The van der Waals surface area contributed by atoms with Crippen molar-refractivity contribution in [2.45, 2.75) is 12.8 Å². The van der Waals surface area contributed by atoms with Crippen molar-refractivity contribution in [1.29, 1.82) is 0 Å². The van der Waals surface area contributed by atoms with Crippen molar-refractivity contribution in [2.24, 2.45) is 0 Å². The first-order chi connectivity index (χ1) is 14.6. The van der Waals surface area contributed by atoms with Gasteiger partial charge in [-0.05, 0) is 36.2 Å². The zero-order valence-electron chi connectivity index (χ0n) is 17.2. The number of carbonyl (C=O) groups excluding carboxylic acids is 2. The summed E-state index contributed by atoms with van der Waals surface area (Å²) >= 11 is 0. The van der Waals surface area contributed by atoms with Gasteiger partial charge in [0.15, 0.2) is 5.78 Å². The van der Waals surface area contributed by atoms with Gasteiger partial charge in [0.25, 0.3) is 0 Å². The van der Waals surface area contributed by atoms with E-state index in [-0.39, 0.29) is 11.7 Å². The summed E-state index contributed by atoms with van der Waals surface area (Å²) < 4.78 is 0. The molecule has 3 aromatic carbocycles. The van der Waals surface area contributed by atoms with Crippen molar-refractivity contribution >= 4 is 28.8 Å². The Morgan fingerprint density at radius 2 is 1.40 bits per heavy atom. The van der Waals surface area contributed by atoms with Crippen molar-refractivity contribution in [3.8, 4) is 0 Å². The SMILES string of the molecule is CN(C)c1ccc(N2C(=O)CCC(C(=O)c3ccccc3)=C2c2ccccc2)cc1. The number of rotatable bonds is 5. The molecule has 0 aromatic heterocycles. The fraction of sp³-hybridized carbons (Fsp3) is 0.154. The molecule has 3 aromatic rings. The molecule has 0 saturated heterocycles. The summed E-state index contributed by atoms with van der Waals surface area (Å²) in [7, 11) is 3.96. The van der Waals surface area contributed by atoms with Crippen LogP contribution in [0.15, 0.2) is 90.5 Å². The largest absolute Gasteiger partial charge is 0.378 e. The van der Waals surface area contributed by atoms with E-state index in [1.165, 1.54) is 0 Å². The Morgan fingerprint density at radius 3 is 2.00 bits per heavy atom. The van der Waals surface area contributed by atoms with Crippen molar-refractivity contribution in [1.82, 2.24) is 0 Å². The third kappa shape index (κ3) is 3.77. The molecule has 4 rings (SSSR count). The average Bonchev–Trinajstić information content (AvgIpc) is 2.79. The van der Waals surface area contributed by atoms with Crippen LogP contribution in [0, 0.1) is 0 Å². The van der Waals surface area contributed by atoms with E-state index in [2.05, 4.69) is 0 Å². The first kappa shape index (κ1) is 19.6. The molecule has 30 heavy (non-hydrogen) atoms. The molecule has 0 radical (unpaired) electrons. The number of hydrogen-bond acceptors (Lipinski definition) is 3. The molecule has 0 unspecified atom stereocenters. The molecule has 0 bridgehead atoms. The highest BCUT2D eigenvalue weighted by atomic mass is 16.2. The van der Waals surface area contributed by atoms with Crippen LogP contribution in [-0.2, 0) is 4.79 Å². The fourth-order valence-electron chi connectivity index (χ4n) is 3.78. The number of hydrogen-bond donors (Lipinski definition) is 0. The minimum atomic E-state index is -0.0307. The van der Waals surface area contributed by atoms with Crippen molar-refractivity contribution in [2.75, 3.05) is 23.9 Å². The molecule has 1 aliphatic rings. The second kappa shape index (κ2) is 8.37. The van der Waals surface area contributed by atoms with Crippen LogP contribution in [0.2, 0.25) is 0 Å². The standard InChI is InChI=1S/C26H24N2O2/c1-27(2)21-13-15-22(16-14-21)28-24(29)18-17-23(25(28)19-9-5-3-6-10-19)26(30)20-11-7-4-8-12-20/h3-16H,17-18H2,1-2H3. The van der Waals surface area contributed by atoms with E-state index in [0.29, 0.717) is 29.7 Å². The van der Waals surface area contributed by atoms with Crippen LogP contribution in [-0.4, -0.2) is 25.8 Å². The van der Waals surface area contributed by atoms with Gasteiger partial charge in [-0.25, -0.2) is 0 Å². The molecular weight excluding hydrogens is 372 g/mol. The number of Topliss-reactive ketones (excluding diaryl/α,β-unsaturated/α-hetero) is 1. The average molecular weight is 396 g/mol. The van der Waals surface area contributed by atoms with Gasteiger partial charge in [-0.3, -0.25) is 14.5 Å². The number of anilines is 2. The van der Waals surface area contributed by atoms with Gasteiger partial charge in [0, 0.05) is 43.0 Å². The van der Waals surface area contributed by atoms with Crippen LogP contribution in [0.5, 0.6) is 0 Å². The van der Waals surface area contributed by atoms with E-state index in [1.54, 1.807) is 4.90 Å². The minimum Gasteiger partial charge on any atom is -0.378 e. The van der Waals surface area contributed by atoms with Gasteiger partial charge in [0.1, 0.15) is 0 Å². The molecule has 0 aliphatic carbocycles. The summed E-state index contributed by atoms with van der Waals surface area (Å²) in [5, 5.41) is 0. The first-order valence-corrected chi connectivity index (χ1v) is 10.0. The lowest BCUT2D eigenvalue weighted by atomic mass is 9.90. The summed E-state index contributed by atoms with van der Waals surface area (Å²) in [6.45, 7) is 0. The molecular formula is C26H24N2O2. The summed E-state index contributed by atoms with van der Waals surface area (Å²) in [5.41, 5.74) is 4.67. The quantitative estimate of drug-likeness (QED) is 0.559. The second-order valence-electron chi connectivity index (χ2n) is 7.53. The van der Waals surface area contributed by atoms with E-state index in [9.17, 15) is 9.59 Å². The van der Waals surface area contributed by atoms with Crippen LogP contribution in [0.3, 0.4) is 0 Å². The number of ketones is 1. The minimum absolute atomic E-state index is 0.00364. The lowest BCUT2D eigenvalue weighted by Gasteiger charge is -2.32. The lowest BCUT2D eigenvalue weighted by molar-refractivity contribution is -0.118. The van der Waals surface area contributed by atoms with Gasteiger partial charge in [-0.15, -0.1) is 0 Å². The summed E-state index contributed by atoms with van der Waals surface area (Å²) in [5.74, 6) is -0.0343. The number of nitrogens with zero attached hydrogens (tertiary/aromatic N) is 2. The van der Waals surface area contributed by atoms with Gasteiger partial charge in [0.2, 0.25) is 5.91 Å². The Labute approximate surface area is 177 Å². The maximum absolute atomic E-state index is 13.4. The first-order valence-electron chi connectivity index (χ1n) is 10.0. The molecule has 1 heterocycles. The Hall–Kier alpha value is -3.66. The van der Waals surface area contributed by atoms with Gasteiger partial charge in [-0.2, -0.15) is 0 Å². The molecule has 1 amide bonds. The predicted octanol–water partition coefficient (Wildman–Crippen LogP) is 5.17. The van der Waals surface area contributed by atoms with Crippen LogP contribution >= 0.6 is 0 Å². The van der Waals surface area contributed by atoms with E-state index in [0.717, 1.165) is 16.9 Å². The molecule has 1 aliphatic heterocycles. The van der Waals surface area contributed by atoms with Crippen LogP contribution in [0.1, 0.15) is 28.8 Å². The fourth-order valence-corrected chi connectivity index (χ4v) is 3.78. The topological polar surface area (TPSA) is 40.6 Å². The molecule has 0 saturated carbocycles. The number of carbonyl (C=O) groups is 2. The Morgan fingerprint density at radius 1 is 0.800 bits per heavy atom. The van der Waals surface area contributed by atoms with Crippen molar-refractivity contribution in [3.63, 3.8) is 0 Å². The van der Waals surface area contributed by atoms with Crippen LogP contribution in [0.4, 0.5) is 11.4 Å². The Kier molecular flexibility index (Phi) is 5.48. The molecule has 4 heteroatoms. The van der Waals surface area contributed by atoms with Gasteiger partial charge >= 0.3 is 0 Å². The molecule has 0 spiro atoms. The van der Waals surface area contributed by atoms with Crippen molar-refractivity contribution < 1.29 is 9.59 Å². The van der Waals surface area contributed by atoms with E-state index in [1.807, 2.05) is 104 Å². The smallest absolute Gasteiger partial charge is 0.231 e. The Bertz CT molecular complexity index is 1080. The highest BCUT2D eigenvalue weighted by Gasteiger charge is 2.32. The van der Waals surface area contributed by atoms with E-state index < -0.39 is 0 Å². The van der Waals surface area contributed by atoms with Gasteiger partial charge in [-0.1, -0.05) is 60.7 Å². The second-order valence-corrected chi connectivity index (χ2v) is 7.53. The summed E-state index contributed by atoms with van der Waals surface area (Å²) in [6, 6.07) is 26.8. The zero-order valence-corrected chi connectivity index (χ0v) is 17.2. The third-order valence-corrected chi connectivity index (χ3v) is 5.33. The maximum atomic E-state index is 13.4. The van der Waals surface area contributed by atoms with E-state index in [4.69, 9.17) is 0 Å². The monoisotopic (exact) mass is 396 g/mol. The van der Waals surface area contributed by atoms with Crippen LogP contribution in [0.25, 0.3) is 5.70 Å². The van der Waals surface area contributed by atoms with Crippen molar-refractivity contribution in [3.05, 3.63) is 102 Å². The van der Waals surface area contributed by atoms with E-state index >= 15 is 0 Å². The van der Waals surface area contributed by atoms with Gasteiger partial charge in [0.05, 0.1) is 5.70 Å². The molecule has 0 atom stereocenters. The number of amides is 1. The summed E-state index contributed by atoms with van der Waals surface area (Å²) in [6.07, 6.45) is 0.739. The summed E-state index contributed by atoms with van der Waals surface area (Å²) in [4.78, 5) is 30.2. The highest BCUT2D eigenvalue weighted by molar-refractivity contribution is 6.20. The number of benzene rings is 3. The Balaban J connectivity index is 1.88. The van der Waals surface area contributed by atoms with Gasteiger partial charge < -0.3 is 4.90 Å². The molecule has 4 nitrogen and oxygen atoms in total. The highest BCUT2D eigenvalue weighted by Crippen LogP contribution is 2.37. The molecule has 150 valence electrons. The normalized spacial score (nSPS) is 14.1. The molecule has 0 N–H and O–H groups in total. The van der Waals surface area contributed by atoms with Crippen LogP contribution < -0.4 is 9.80 Å². The number of allylic oxidation sites excluding steroid dienone is 1. The third-order valence-electron chi connectivity index (χ3n) is 5.33. The molecule has 0 fully saturated rings.